The Morgan fingerprint density at radius 2 is 1.88 bits per heavy atom. The summed E-state index contributed by atoms with van der Waals surface area (Å²) in [6.45, 7) is 0. The van der Waals surface area contributed by atoms with Gasteiger partial charge in [-0.3, -0.25) is 9.78 Å². The molecule has 1 amide bonds. The van der Waals surface area contributed by atoms with Gasteiger partial charge in [-0.1, -0.05) is 6.07 Å². The molecule has 1 N–H and O–H groups in total. The topological polar surface area (TPSA) is 80.5 Å². The average Bonchev–Trinajstić information content (AvgIpc) is 3.18. The van der Waals surface area contributed by atoms with Crippen molar-refractivity contribution in [2.45, 2.75) is 6.30 Å². The summed E-state index contributed by atoms with van der Waals surface area (Å²) in [6.07, 6.45) is -3.39. The van der Waals surface area contributed by atoms with Gasteiger partial charge >= 0.3 is 12.3 Å². The number of benzene rings is 2. The van der Waals surface area contributed by atoms with Gasteiger partial charge in [0.15, 0.2) is 5.58 Å². The number of amides is 1. The summed E-state index contributed by atoms with van der Waals surface area (Å²) < 4.78 is 53.1. The molecule has 0 aliphatic heterocycles. The Morgan fingerprint density at radius 1 is 1.12 bits per heavy atom. The van der Waals surface area contributed by atoms with E-state index in [0.29, 0.717) is 10.2 Å². The van der Waals surface area contributed by atoms with Crippen LogP contribution in [0.25, 0.3) is 11.1 Å². The number of nitrogens with zero attached hydrogens (tertiary/aromatic N) is 3. The van der Waals surface area contributed by atoms with Gasteiger partial charge in [-0.2, -0.15) is 4.98 Å². The molecule has 164 valence electrons. The fourth-order valence-corrected chi connectivity index (χ4v) is 3.33. The first-order chi connectivity index (χ1) is 15.3. The van der Waals surface area contributed by atoms with Gasteiger partial charge in [0.05, 0.1) is 5.69 Å². The SMILES string of the molecule is CNC(=O)c1cc(Oc2ccc(N(c3nc4c(Br)cccc4o3)C(F)(F)F)cc2)ccn1. The Morgan fingerprint density at radius 3 is 2.53 bits per heavy atom. The quantitative estimate of drug-likeness (QED) is 0.345. The Balaban J connectivity index is 1.63. The average molecular weight is 507 g/mol. The summed E-state index contributed by atoms with van der Waals surface area (Å²) in [6, 6.07) is 12.4. The number of rotatable bonds is 5. The number of para-hydroxylation sites is 1. The molecule has 0 aliphatic rings. The van der Waals surface area contributed by atoms with E-state index in [1.165, 1.54) is 55.7 Å². The Hall–Kier alpha value is -3.60. The van der Waals surface area contributed by atoms with Gasteiger partial charge in [-0.15, -0.1) is 13.2 Å². The number of halogens is 4. The smallest absolute Gasteiger partial charge is 0.457 e. The van der Waals surface area contributed by atoms with Crippen molar-refractivity contribution in [3.63, 3.8) is 0 Å². The molecule has 4 aromatic rings. The molecule has 0 spiro atoms. The van der Waals surface area contributed by atoms with E-state index in [9.17, 15) is 18.0 Å². The minimum atomic E-state index is -4.79. The van der Waals surface area contributed by atoms with E-state index in [4.69, 9.17) is 9.15 Å². The third-order valence-electron chi connectivity index (χ3n) is 4.33. The molecule has 4 rings (SSSR count). The molecular weight excluding hydrogens is 493 g/mol. The lowest BCUT2D eigenvalue weighted by Crippen LogP contribution is -2.33. The van der Waals surface area contributed by atoms with Gasteiger partial charge in [0.2, 0.25) is 0 Å². The monoisotopic (exact) mass is 506 g/mol. The van der Waals surface area contributed by atoms with Crippen LogP contribution in [0.4, 0.5) is 24.9 Å². The molecule has 11 heteroatoms. The van der Waals surface area contributed by atoms with E-state index in [1.807, 2.05) is 0 Å². The number of oxazole rings is 1. The van der Waals surface area contributed by atoms with E-state index in [-0.39, 0.29) is 33.1 Å². The highest BCUT2D eigenvalue weighted by molar-refractivity contribution is 9.10. The van der Waals surface area contributed by atoms with Crippen molar-refractivity contribution >= 4 is 44.6 Å². The molecule has 0 unspecified atom stereocenters. The number of hydrogen-bond donors (Lipinski definition) is 1. The molecule has 32 heavy (non-hydrogen) atoms. The fraction of sp³-hybridized carbons (Fsp3) is 0.0952. The maximum atomic E-state index is 13.9. The first-order valence-electron chi connectivity index (χ1n) is 9.14. The lowest BCUT2D eigenvalue weighted by Gasteiger charge is -2.23. The molecule has 0 aliphatic carbocycles. The lowest BCUT2D eigenvalue weighted by molar-refractivity contribution is -0.123. The van der Waals surface area contributed by atoms with Crippen LogP contribution in [0.5, 0.6) is 11.5 Å². The Labute approximate surface area is 188 Å². The third-order valence-corrected chi connectivity index (χ3v) is 4.96. The minimum Gasteiger partial charge on any atom is -0.457 e. The van der Waals surface area contributed by atoms with E-state index in [1.54, 1.807) is 12.1 Å². The van der Waals surface area contributed by atoms with Crippen molar-refractivity contribution in [3.05, 3.63) is 71.0 Å². The molecule has 0 saturated carbocycles. The number of hydrogen-bond acceptors (Lipinski definition) is 6. The van der Waals surface area contributed by atoms with Crippen LogP contribution in [0.15, 0.2) is 69.7 Å². The molecular formula is C21H14BrF3N4O3. The van der Waals surface area contributed by atoms with Crippen LogP contribution in [-0.4, -0.2) is 29.2 Å². The highest BCUT2D eigenvalue weighted by atomic mass is 79.9. The maximum Gasteiger partial charge on any atom is 0.492 e. The molecule has 0 saturated heterocycles. The highest BCUT2D eigenvalue weighted by Crippen LogP contribution is 2.39. The number of pyridine rings is 1. The van der Waals surface area contributed by atoms with Crippen LogP contribution in [0, 0.1) is 0 Å². The number of carbonyl (C=O) groups excluding carboxylic acids is 1. The normalized spacial score (nSPS) is 11.4. The first-order valence-corrected chi connectivity index (χ1v) is 9.93. The van der Waals surface area contributed by atoms with Crippen molar-refractivity contribution in [1.82, 2.24) is 15.3 Å². The lowest BCUT2D eigenvalue weighted by atomic mass is 10.2. The maximum absolute atomic E-state index is 13.9. The van der Waals surface area contributed by atoms with Gasteiger partial charge < -0.3 is 14.5 Å². The van der Waals surface area contributed by atoms with Crippen molar-refractivity contribution < 1.29 is 27.1 Å². The number of aromatic nitrogens is 2. The van der Waals surface area contributed by atoms with Crippen LogP contribution < -0.4 is 15.0 Å². The van der Waals surface area contributed by atoms with Gasteiger partial charge in [0, 0.05) is 23.8 Å². The van der Waals surface area contributed by atoms with Crippen LogP contribution in [-0.2, 0) is 0 Å². The summed E-state index contributed by atoms with van der Waals surface area (Å²) in [7, 11) is 1.47. The number of alkyl halides is 3. The number of fused-ring (bicyclic) bond motifs is 1. The third kappa shape index (κ3) is 4.37. The first kappa shape index (κ1) is 21.6. The summed E-state index contributed by atoms with van der Waals surface area (Å²) in [5.74, 6) is 0.185. The second-order valence-corrected chi connectivity index (χ2v) is 7.29. The minimum absolute atomic E-state index is 0.0410. The standard InChI is InChI=1S/C21H14BrF3N4O3/c1-26-19(30)16-11-14(9-10-27-16)31-13-7-5-12(6-8-13)29(21(23,24)25)20-28-18-15(22)3-2-4-17(18)32-20/h2-11H,1H3,(H,26,30). The molecule has 7 nitrogen and oxygen atoms in total. The molecule has 0 atom stereocenters. The number of carbonyl (C=O) groups is 1. The van der Waals surface area contributed by atoms with Crippen molar-refractivity contribution in [3.8, 4) is 11.5 Å². The highest BCUT2D eigenvalue weighted by Gasteiger charge is 2.42. The van der Waals surface area contributed by atoms with Gasteiger partial charge in [0.1, 0.15) is 22.7 Å². The second-order valence-electron chi connectivity index (χ2n) is 6.44. The Bertz CT molecular complexity index is 1280. The summed E-state index contributed by atoms with van der Waals surface area (Å²) in [5.41, 5.74) is 0.426. The predicted molar refractivity (Wildman–Crippen MR) is 114 cm³/mol. The zero-order valence-corrected chi connectivity index (χ0v) is 17.9. The van der Waals surface area contributed by atoms with E-state index in [2.05, 4.69) is 31.2 Å². The van der Waals surface area contributed by atoms with Gasteiger partial charge in [0.25, 0.3) is 5.91 Å². The summed E-state index contributed by atoms with van der Waals surface area (Å²) in [4.78, 5) is 19.7. The van der Waals surface area contributed by atoms with Gasteiger partial charge in [-0.05, 0) is 58.4 Å². The van der Waals surface area contributed by atoms with Crippen molar-refractivity contribution in [2.24, 2.45) is 0 Å². The van der Waals surface area contributed by atoms with Gasteiger partial charge in [-0.25, -0.2) is 4.90 Å². The zero-order valence-electron chi connectivity index (χ0n) is 16.4. The molecule has 2 aromatic heterocycles. The number of ether oxygens (including phenoxy) is 1. The van der Waals surface area contributed by atoms with Crippen molar-refractivity contribution in [1.29, 1.82) is 0 Å². The van der Waals surface area contributed by atoms with E-state index >= 15 is 0 Å². The van der Waals surface area contributed by atoms with Crippen LogP contribution in [0.2, 0.25) is 0 Å². The molecule has 0 bridgehead atoms. The Kier molecular flexibility index (Phi) is 5.74. The predicted octanol–water partition coefficient (Wildman–Crippen LogP) is 5.80. The second kappa shape index (κ2) is 8.50. The fourth-order valence-electron chi connectivity index (χ4n) is 2.89. The number of nitrogens with one attached hydrogen (secondary N) is 1. The zero-order chi connectivity index (χ0) is 22.9. The van der Waals surface area contributed by atoms with Crippen LogP contribution in [0.1, 0.15) is 10.5 Å². The molecule has 0 radical (unpaired) electrons. The molecule has 2 aromatic carbocycles. The van der Waals surface area contributed by atoms with Crippen molar-refractivity contribution in [2.75, 3.05) is 11.9 Å². The van der Waals surface area contributed by atoms with E-state index < -0.39 is 18.2 Å². The van der Waals surface area contributed by atoms with E-state index in [0.717, 1.165) is 0 Å². The molecule has 2 heterocycles. The van der Waals surface area contributed by atoms with Crippen LogP contribution in [0.3, 0.4) is 0 Å². The summed E-state index contributed by atoms with van der Waals surface area (Å²) >= 11 is 3.26. The molecule has 0 fully saturated rings. The van der Waals surface area contributed by atoms with Crippen LogP contribution >= 0.6 is 15.9 Å². The number of anilines is 2. The largest absolute Gasteiger partial charge is 0.492 e. The summed E-state index contributed by atoms with van der Waals surface area (Å²) in [5, 5.41) is 2.45.